The molecule has 1 N–H and O–H groups in total. The molecule has 1 heterocycles. The maximum absolute atomic E-state index is 12.6. The predicted octanol–water partition coefficient (Wildman–Crippen LogP) is 3.60. The fourth-order valence-electron chi connectivity index (χ4n) is 1.49. The van der Waals surface area contributed by atoms with E-state index in [0.29, 0.717) is 23.4 Å². The number of ether oxygens (including phenoxy) is 1. The lowest BCUT2D eigenvalue weighted by molar-refractivity contribution is -0.590. The zero-order chi connectivity index (χ0) is 16.3. The lowest BCUT2D eigenvalue weighted by atomic mass is 10.2. The van der Waals surface area contributed by atoms with Crippen molar-refractivity contribution >= 4 is 23.5 Å². The molecule has 0 aliphatic heterocycles. The number of anilines is 1. The van der Waals surface area contributed by atoms with Crippen molar-refractivity contribution in [2.45, 2.75) is 6.18 Å². The van der Waals surface area contributed by atoms with Gasteiger partial charge in [-0.15, -0.1) is 0 Å². The Morgan fingerprint density at radius 1 is 1.23 bits per heavy atom. The van der Waals surface area contributed by atoms with Crippen LogP contribution in [-0.4, -0.2) is 6.09 Å². The fraction of sp³-hybridized carbons (Fsp3) is 0.0769. The molecule has 0 aliphatic rings. The second kappa shape index (κ2) is 6.10. The minimum absolute atomic E-state index is 0.0817. The van der Waals surface area contributed by atoms with Crippen molar-refractivity contribution in [2.24, 2.45) is 0 Å². The van der Waals surface area contributed by atoms with Crippen molar-refractivity contribution < 1.29 is 27.4 Å². The van der Waals surface area contributed by atoms with Gasteiger partial charge in [-0.1, -0.05) is 11.6 Å². The highest BCUT2D eigenvalue weighted by atomic mass is 35.5. The van der Waals surface area contributed by atoms with Crippen molar-refractivity contribution in [2.75, 3.05) is 5.32 Å². The third-order valence-corrected chi connectivity index (χ3v) is 2.75. The molecule has 2 aromatic rings. The molecule has 1 amide bonds. The van der Waals surface area contributed by atoms with E-state index in [1.165, 1.54) is 24.3 Å². The highest BCUT2D eigenvalue weighted by molar-refractivity contribution is 6.30. The largest absolute Gasteiger partial charge is 0.711 e. The van der Waals surface area contributed by atoms with E-state index < -0.39 is 23.7 Å². The molecule has 0 spiro atoms. The molecule has 0 bridgehead atoms. The van der Waals surface area contributed by atoms with Gasteiger partial charge in [0, 0.05) is 11.1 Å². The number of hydrogen-bond donors (Lipinski definition) is 1. The van der Waals surface area contributed by atoms with Gasteiger partial charge in [0.1, 0.15) is 5.75 Å². The first-order chi connectivity index (χ1) is 10.3. The van der Waals surface area contributed by atoms with Crippen molar-refractivity contribution in [3.63, 3.8) is 0 Å². The van der Waals surface area contributed by atoms with Crippen LogP contribution in [0.1, 0.15) is 5.56 Å². The summed E-state index contributed by atoms with van der Waals surface area (Å²) < 4.78 is 42.6. The van der Waals surface area contributed by atoms with Gasteiger partial charge in [-0.25, -0.2) is 4.73 Å². The third kappa shape index (κ3) is 4.01. The molecule has 0 aliphatic carbocycles. The molecular weight excluding hydrogens is 325 g/mol. The first kappa shape index (κ1) is 15.9. The van der Waals surface area contributed by atoms with Crippen LogP contribution in [0.25, 0.3) is 0 Å². The van der Waals surface area contributed by atoms with Gasteiger partial charge in [-0.05, 0) is 30.3 Å². The summed E-state index contributed by atoms with van der Waals surface area (Å²) in [6.07, 6.45) is -5.10. The van der Waals surface area contributed by atoms with Crippen molar-refractivity contribution in [1.82, 2.24) is 0 Å². The van der Waals surface area contributed by atoms with Crippen molar-refractivity contribution in [3.8, 4) is 5.75 Å². The van der Waals surface area contributed by atoms with Crippen LogP contribution < -0.4 is 14.8 Å². The Hall–Kier alpha value is -2.48. The van der Waals surface area contributed by atoms with Crippen LogP contribution in [0.5, 0.6) is 5.75 Å². The van der Waals surface area contributed by atoms with Gasteiger partial charge in [0.15, 0.2) is 0 Å². The predicted molar refractivity (Wildman–Crippen MR) is 71.5 cm³/mol. The second-order valence-electron chi connectivity index (χ2n) is 4.09. The van der Waals surface area contributed by atoms with Gasteiger partial charge in [0.25, 0.3) is 5.82 Å². The summed E-state index contributed by atoms with van der Waals surface area (Å²) in [6.45, 7) is 0. The smallest absolute Gasteiger partial charge is 0.510 e. The summed E-state index contributed by atoms with van der Waals surface area (Å²) in [4.78, 5) is 11.6. The minimum atomic E-state index is -4.63. The van der Waals surface area contributed by atoms with Crippen LogP contribution in [-0.2, 0) is 6.18 Å². The molecule has 2 rings (SSSR count). The number of carbonyl (C=O) groups excluding carboxylic acids is 1. The minimum Gasteiger partial charge on any atom is -0.711 e. The molecular formula is C13H8ClF3N2O3. The lowest BCUT2D eigenvalue weighted by Gasteiger charge is -2.11. The zero-order valence-electron chi connectivity index (χ0n) is 10.7. The quantitative estimate of drug-likeness (QED) is 0.675. The fourth-order valence-corrected chi connectivity index (χ4v) is 1.62. The number of amides is 1. The Morgan fingerprint density at radius 3 is 2.45 bits per heavy atom. The van der Waals surface area contributed by atoms with Crippen LogP contribution in [0, 0.1) is 5.21 Å². The van der Waals surface area contributed by atoms with Gasteiger partial charge in [0.2, 0.25) is 0 Å². The second-order valence-corrected chi connectivity index (χ2v) is 4.53. The number of nitrogens with zero attached hydrogens (tertiary/aromatic N) is 1. The third-order valence-electron chi connectivity index (χ3n) is 2.50. The summed E-state index contributed by atoms with van der Waals surface area (Å²) in [5.41, 5.74) is -1.07. The number of pyridine rings is 1. The number of nitrogens with one attached hydrogen (secondary N) is 1. The molecule has 9 heteroatoms. The Balaban J connectivity index is 2.12. The zero-order valence-corrected chi connectivity index (χ0v) is 11.5. The average Bonchev–Trinajstić information content (AvgIpc) is 2.42. The van der Waals surface area contributed by atoms with Crippen LogP contribution in [0.2, 0.25) is 5.02 Å². The Kier molecular flexibility index (Phi) is 4.41. The summed E-state index contributed by atoms with van der Waals surface area (Å²) >= 11 is 5.65. The van der Waals surface area contributed by atoms with Crippen molar-refractivity contribution in [3.05, 3.63) is 58.4 Å². The number of aromatic nitrogens is 1. The number of hydrogen-bond acceptors (Lipinski definition) is 3. The van der Waals surface area contributed by atoms with Gasteiger partial charge >= 0.3 is 12.3 Å². The molecule has 0 saturated carbocycles. The lowest BCUT2D eigenvalue weighted by Crippen LogP contribution is -2.34. The molecule has 22 heavy (non-hydrogen) atoms. The van der Waals surface area contributed by atoms with Crippen LogP contribution in [0.3, 0.4) is 0 Å². The highest BCUT2D eigenvalue weighted by Gasteiger charge is 2.32. The SMILES string of the molecule is O=C(Nc1cc(C(F)(F)F)cc[n+]1[O-])Oc1ccc(Cl)cc1. The summed E-state index contributed by atoms with van der Waals surface area (Å²) in [6, 6.07) is 6.81. The molecule has 0 saturated heterocycles. The molecule has 0 fully saturated rings. The Morgan fingerprint density at radius 2 is 1.86 bits per heavy atom. The van der Waals surface area contributed by atoms with E-state index in [4.69, 9.17) is 16.3 Å². The van der Waals surface area contributed by atoms with E-state index in [-0.39, 0.29) is 10.5 Å². The molecule has 1 aromatic carbocycles. The molecule has 0 atom stereocenters. The monoisotopic (exact) mass is 332 g/mol. The van der Waals surface area contributed by atoms with Gasteiger partial charge < -0.3 is 9.94 Å². The molecule has 116 valence electrons. The van der Waals surface area contributed by atoms with E-state index in [0.717, 1.165) is 0 Å². The molecule has 1 aromatic heterocycles. The van der Waals surface area contributed by atoms with E-state index in [1.54, 1.807) is 0 Å². The van der Waals surface area contributed by atoms with E-state index in [2.05, 4.69) is 0 Å². The molecule has 5 nitrogen and oxygen atoms in total. The van der Waals surface area contributed by atoms with E-state index >= 15 is 0 Å². The van der Waals surface area contributed by atoms with Gasteiger partial charge in [-0.2, -0.15) is 23.3 Å². The van der Waals surface area contributed by atoms with E-state index in [1.807, 2.05) is 5.32 Å². The van der Waals surface area contributed by atoms with Crippen LogP contribution >= 0.6 is 11.6 Å². The normalized spacial score (nSPS) is 11.1. The number of halogens is 4. The Bertz CT molecular complexity index is 690. The number of benzene rings is 1. The summed E-state index contributed by atoms with van der Waals surface area (Å²) in [5.74, 6) is -0.486. The van der Waals surface area contributed by atoms with Crippen LogP contribution in [0.15, 0.2) is 42.6 Å². The van der Waals surface area contributed by atoms with Gasteiger partial charge in [-0.3, -0.25) is 0 Å². The van der Waals surface area contributed by atoms with Gasteiger partial charge in [0.05, 0.1) is 11.8 Å². The number of rotatable bonds is 2. The maximum atomic E-state index is 12.6. The summed E-state index contributed by atoms with van der Waals surface area (Å²) in [5, 5.41) is 13.8. The Labute approximate surface area is 127 Å². The number of alkyl halides is 3. The highest BCUT2D eigenvalue weighted by Crippen LogP contribution is 2.29. The van der Waals surface area contributed by atoms with E-state index in [9.17, 15) is 23.2 Å². The van der Waals surface area contributed by atoms with Crippen molar-refractivity contribution in [1.29, 1.82) is 0 Å². The maximum Gasteiger partial charge on any atom is 0.510 e. The first-order valence-electron chi connectivity index (χ1n) is 5.80. The molecule has 0 unspecified atom stereocenters. The topological polar surface area (TPSA) is 65.3 Å². The first-order valence-corrected chi connectivity index (χ1v) is 6.18. The average molecular weight is 333 g/mol. The number of carbonyl (C=O) groups is 1. The van der Waals surface area contributed by atoms with Crippen LogP contribution in [0.4, 0.5) is 23.8 Å². The standard InChI is InChI=1S/C13H8ClF3N2O3/c14-9-1-3-10(4-2-9)22-12(20)18-11-7-8(13(15,16)17)5-6-19(11)21/h1-7H,(H,18,20). The molecule has 0 radical (unpaired) electrons. The summed E-state index contributed by atoms with van der Waals surface area (Å²) in [7, 11) is 0.